The number of hydrogen-bond acceptors (Lipinski definition) is 2. The van der Waals surface area contributed by atoms with Gasteiger partial charge < -0.3 is 10.2 Å². The van der Waals surface area contributed by atoms with Crippen molar-refractivity contribution in [2.75, 3.05) is 20.1 Å². The summed E-state index contributed by atoms with van der Waals surface area (Å²) in [5.41, 5.74) is -0.233. The quantitative estimate of drug-likeness (QED) is 0.835. The number of rotatable bonds is 5. The number of likely N-dealkylation sites (N-methyl/N-ethyl adjacent to an activating group) is 1. The van der Waals surface area contributed by atoms with Crippen LogP contribution in [-0.4, -0.2) is 37.0 Å². The zero-order valence-electron chi connectivity index (χ0n) is 11.1. The summed E-state index contributed by atoms with van der Waals surface area (Å²) in [6.07, 6.45) is 0. The Bertz CT molecular complexity index is 440. The van der Waals surface area contributed by atoms with E-state index in [4.69, 9.17) is 0 Å². The lowest BCUT2D eigenvalue weighted by molar-refractivity contribution is 0.0947. The molecule has 6 heteroatoms. The summed E-state index contributed by atoms with van der Waals surface area (Å²) in [5, 5.41) is 2.52. The van der Waals surface area contributed by atoms with Crippen molar-refractivity contribution >= 4 is 5.91 Å². The van der Waals surface area contributed by atoms with E-state index in [9.17, 15) is 18.0 Å². The van der Waals surface area contributed by atoms with Crippen molar-refractivity contribution in [2.24, 2.45) is 0 Å². The number of benzene rings is 1. The fourth-order valence-corrected chi connectivity index (χ4v) is 1.39. The summed E-state index contributed by atoms with van der Waals surface area (Å²) in [4.78, 5) is 13.6. The Kier molecular flexibility index (Phi) is 5.35. The summed E-state index contributed by atoms with van der Waals surface area (Å²) < 4.78 is 38.6. The van der Waals surface area contributed by atoms with E-state index in [1.165, 1.54) is 0 Å². The molecule has 0 atom stereocenters. The second-order valence-electron chi connectivity index (χ2n) is 4.58. The van der Waals surface area contributed by atoms with Gasteiger partial charge in [-0.2, -0.15) is 0 Å². The van der Waals surface area contributed by atoms with Gasteiger partial charge in [0.1, 0.15) is 0 Å². The SMILES string of the molecule is CC(C)N(C)CCNC(=O)c1cc(F)c(F)c(F)c1. The summed E-state index contributed by atoms with van der Waals surface area (Å²) in [7, 11) is 1.90. The Morgan fingerprint density at radius 1 is 1.26 bits per heavy atom. The molecule has 0 saturated carbocycles. The predicted octanol–water partition coefficient (Wildman–Crippen LogP) is 2.17. The number of carbonyl (C=O) groups excluding carboxylic acids is 1. The number of halogens is 3. The second kappa shape index (κ2) is 6.56. The third-order valence-corrected chi connectivity index (χ3v) is 2.88. The molecule has 0 spiro atoms. The molecule has 0 aliphatic heterocycles. The van der Waals surface area contributed by atoms with Crippen LogP contribution < -0.4 is 5.32 Å². The van der Waals surface area contributed by atoms with Gasteiger partial charge >= 0.3 is 0 Å². The molecule has 1 amide bonds. The minimum Gasteiger partial charge on any atom is -0.351 e. The van der Waals surface area contributed by atoms with Crippen LogP contribution in [0.1, 0.15) is 24.2 Å². The largest absolute Gasteiger partial charge is 0.351 e. The van der Waals surface area contributed by atoms with Crippen LogP contribution in [0.5, 0.6) is 0 Å². The van der Waals surface area contributed by atoms with Crippen LogP contribution >= 0.6 is 0 Å². The minimum absolute atomic E-state index is 0.233. The summed E-state index contributed by atoms with van der Waals surface area (Å²) >= 11 is 0. The monoisotopic (exact) mass is 274 g/mol. The second-order valence-corrected chi connectivity index (χ2v) is 4.58. The number of nitrogens with zero attached hydrogens (tertiary/aromatic N) is 1. The van der Waals surface area contributed by atoms with Gasteiger partial charge in [0.15, 0.2) is 17.5 Å². The van der Waals surface area contributed by atoms with Crippen LogP contribution in [0, 0.1) is 17.5 Å². The van der Waals surface area contributed by atoms with Crippen molar-refractivity contribution in [2.45, 2.75) is 19.9 Å². The van der Waals surface area contributed by atoms with Gasteiger partial charge in [-0.15, -0.1) is 0 Å². The van der Waals surface area contributed by atoms with E-state index in [-0.39, 0.29) is 5.56 Å². The first-order valence-electron chi connectivity index (χ1n) is 5.96. The average molecular weight is 274 g/mol. The minimum atomic E-state index is -1.57. The lowest BCUT2D eigenvalue weighted by Crippen LogP contribution is -2.36. The van der Waals surface area contributed by atoms with Crippen molar-refractivity contribution in [3.8, 4) is 0 Å². The lowest BCUT2D eigenvalue weighted by Gasteiger charge is -2.20. The van der Waals surface area contributed by atoms with E-state index in [2.05, 4.69) is 5.32 Å². The van der Waals surface area contributed by atoms with Gasteiger partial charge in [-0.05, 0) is 33.0 Å². The maximum absolute atomic E-state index is 13.0. The van der Waals surface area contributed by atoms with Gasteiger partial charge in [0.25, 0.3) is 5.91 Å². The lowest BCUT2D eigenvalue weighted by atomic mass is 10.2. The normalized spacial score (nSPS) is 11.2. The predicted molar refractivity (Wildman–Crippen MR) is 66.4 cm³/mol. The van der Waals surface area contributed by atoms with E-state index in [0.29, 0.717) is 31.3 Å². The van der Waals surface area contributed by atoms with Crippen LogP contribution in [0.2, 0.25) is 0 Å². The number of carbonyl (C=O) groups is 1. The zero-order chi connectivity index (χ0) is 14.6. The Morgan fingerprint density at radius 3 is 2.26 bits per heavy atom. The molecule has 0 fully saturated rings. The van der Waals surface area contributed by atoms with Crippen LogP contribution in [0.15, 0.2) is 12.1 Å². The highest BCUT2D eigenvalue weighted by atomic mass is 19.2. The summed E-state index contributed by atoms with van der Waals surface area (Å²) in [6.45, 7) is 4.96. The zero-order valence-corrected chi connectivity index (χ0v) is 11.1. The first kappa shape index (κ1) is 15.5. The van der Waals surface area contributed by atoms with Gasteiger partial charge in [0.05, 0.1) is 0 Å². The highest BCUT2D eigenvalue weighted by molar-refractivity contribution is 5.94. The smallest absolute Gasteiger partial charge is 0.251 e. The van der Waals surface area contributed by atoms with Crippen molar-refractivity contribution in [1.29, 1.82) is 0 Å². The highest BCUT2D eigenvalue weighted by Crippen LogP contribution is 2.13. The van der Waals surface area contributed by atoms with Crippen molar-refractivity contribution in [3.05, 3.63) is 35.1 Å². The Morgan fingerprint density at radius 2 is 1.79 bits per heavy atom. The molecular weight excluding hydrogens is 257 g/mol. The number of hydrogen-bond donors (Lipinski definition) is 1. The van der Waals surface area contributed by atoms with Crippen LogP contribution in [-0.2, 0) is 0 Å². The fourth-order valence-electron chi connectivity index (χ4n) is 1.39. The number of amides is 1. The molecule has 0 aromatic heterocycles. The molecule has 1 rings (SSSR count). The number of nitrogens with one attached hydrogen (secondary N) is 1. The maximum Gasteiger partial charge on any atom is 0.251 e. The van der Waals surface area contributed by atoms with Crippen molar-refractivity contribution in [1.82, 2.24) is 10.2 Å². The topological polar surface area (TPSA) is 32.3 Å². The highest BCUT2D eigenvalue weighted by Gasteiger charge is 2.14. The Labute approximate surface area is 110 Å². The molecule has 0 bridgehead atoms. The van der Waals surface area contributed by atoms with Gasteiger partial charge in [-0.1, -0.05) is 0 Å². The molecule has 0 unspecified atom stereocenters. The van der Waals surface area contributed by atoms with Crippen LogP contribution in [0.25, 0.3) is 0 Å². The standard InChI is InChI=1S/C13H17F3N2O/c1-8(2)18(3)5-4-17-13(19)9-6-10(14)12(16)11(15)7-9/h6-8H,4-5H2,1-3H3,(H,17,19). The van der Waals surface area contributed by atoms with Crippen molar-refractivity contribution in [3.63, 3.8) is 0 Å². The average Bonchev–Trinajstić information content (AvgIpc) is 2.34. The van der Waals surface area contributed by atoms with Gasteiger partial charge in [0.2, 0.25) is 0 Å². The van der Waals surface area contributed by atoms with Gasteiger partial charge in [-0.3, -0.25) is 4.79 Å². The molecule has 1 aromatic carbocycles. The first-order valence-corrected chi connectivity index (χ1v) is 5.96. The molecule has 1 aromatic rings. The van der Waals surface area contributed by atoms with E-state index in [1.54, 1.807) is 0 Å². The molecule has 19 heavy (non-hydrogen) atoms. The summed E-state index contributed by atoms with van der Waals surface area (Å²) in [6, 6.07) is 1.69. The summed E-state index contributed by atoms with van der Waals surface area (Å²) in [5.74, 6) is -4.94. The Hall–Kier alpha value is -1.56. The molecule has 0 saturated heterocycles. The molecule has 3 nitrogen and oxygen atoms in total. The van der Waals surface area contributed by atoms with Gasteiger partial charge in [0, 0.05) is 24.7 Å². The molecule has 0 heterocycles. The fraction of sp³-hybridized carbons (Fsp3) is 0.462. The van der Waals surface area contributed by atoms with Crippen LogP contribution in [0.4, 0.5) is 13.2 Å². The first-order chi connectivity index (χ1) is 8.82. The molecular formula is C13H17F3N2O. The van der Waals surface area contributed by atoms with Crippen molar-refractivity contribution < 1.29 is 18.0 Å². The third kappa shape index (κ3) is 4.24. The van der Waals surface area contributed by atoms with Gasteiger partial charge in [-0.25, -0.2) is 13.2 Å². The molecule has 1 N–H and O–H groups in total. The van der Waals surface area contributed by atoms with E-state index in [1.807, 2.05) is 25.8 Å². The van der Waals surface area contributed by atoms with Crippen LogP contribution in [0.3, 0.4) is 0 Å². The van der Waals surface area contributed by atoms with E-state index in [0.717, 1.165) is 0 Å². The maximum atomic E-state index is 13.0. The molecule has 106 valence electrons. The van der Waals surface area contributed by atoms with E-state index >= 15 is 0 Å². The molecule has 0 aliphatic carbocycles. The Balaban J connectivity index is 2.59. The molecule has 0 aliphatic rings. The third-order valence-electron chi connectivity index (χ3n) is 2.88. The molecule has 0 radical (unpaired) electrons. The van der Waals surface area contributed by atoms with E-state index < -0.39 is 23.4 Å².